The molecule has 0 aromatic heterocycles. The van der Waals surface area contributed by atoms with E-state index in [0.717, 1.165) is 19.5 Å². The Labute approximate surface area is 127 Å². The first-order valence-electron chi connectivity index (χ1n) is 8.10. The summed E-state index contributed by atoms with van der Waals surface area (Å²) in [6, 6.07) is 0.765. The van der Waals surface area contributed by atoms with E-state index in [0.29, 0.717) is 6.04 Å². The largest absolute Gasteiger partial charge is 0.460 e. The Hall–Kier alpha value is -1.10. The van der Waals surface area contributed by atoms with Crippen LogP contribution in [0, 0.1) is 0 Å². The molecule has 2 aliphatic rings. The number of fused-ring (bicyclic) bond motifs is 1. The molecule has 2 atom stereocenters. The predicted molar refractivity (Wildman–Crippen MR) is 80.8 cm³/mol. The number of carbonyl (C=O) groups excluding carboxylic acids is 2. The van der Waals surface area contributed by atoms with Crippen LogP contribution in [0.3, 0.4) is 0 Å². The third-order valence-electron chi connectivity index (χ3n) is 4.18. The number of amides is 1. The van der Waals surface area contributed by atoms with Crippen molar-refractivity contribution >= 4 is 11.9 Å². The van der Waals surface area contributed by atoms with E-state index in [1.165, 1.54) is 19.3 Å². The molecule has 0 aromatic carbocycles. The van der Waals surface area contributed by atoms with Gasteiger partial charge in [0.15, 0.2) is 0 Å². The second-order valence-corrected chi connectivity index (χ2v) is 7.15. The number of carbonyl (C=O) groups is 2. The van der Waals surface area contributed by atoms with Gasteiger partial charge in [0.25, 0.3) is 0 Å². The van der Waals surface area contributed by atoms with Crippen LogP contribution in [-0.4, -0.2) is 47.6 Å². The molecule has 2 unspecified atom stereocenters. The molecule has 120 valence electrons. The van der Waals surface area contributed by atoms with Crippen LogP contribution in [0.4, 0.5) is 0 Å². The van der Waals surface area contributed by atoms with Gasteiger partial charge in [0.05, 0.1) is 6.42 Å². The van der Waals surface area contributed by atoms with E-state index in [2.05, 4.69) is 10.2 Å². The molecule has 1 amide bonds. The number of hydrogen-bond donors (Lipinski definition) is 1. The topological polar surface area (TPSA) is 58.6 Å². The summed E-state index contributed by atoms with van der Waals surface area (Å²) in [7, 11) is 0. The van der Waals surface area contributed by atoms with Crippen LogP contribution in [0.1, 0.15) is 59.3 Å². The van der Waals surface area contributed by atoms with Gasteiger partial charge in [0, 0.05) is 25.0 Å². The molecule has 0 radical (unpaired) electrons. The van der Waals surface area contributed by atoms with Crippen molar-refractivity contribution in [2.45, 2.75) is 77.0 Å². The van der Waals surface area contributed by atoms with E-state index in [9.17, 15) is 9.59 Å². The molecule has 2 saturated heterocycles. The molecule has 2 rings (SSSR count). The van der Waals surface area contributed by atoms with Gasteiger partial charge in [-0.3, -0.25) is 14.5 Å². The molecule has 1 N–H and O–H groups in total. The molecule has 0 bridgehead atoms. The van der Waals surface area contributed by atoms with Gasteiger partial charge >= 0.3 is 5.97 Å². The summed E-state index contributed by atoms with van der Waals surface area (Å²) in [5.41, 5.74) is -0.485. The third-order valence-corrected chi connectivity index (χ3v) is 4.18. The molecular formula is C16H28N2O3. The smallest absolute Gasteiger partial charge is 0.306 e. The minimum Gasteiger partial charge on any atom is -0.460 e. The normalized spacial score (nSPS) is 26.2. The number of ether oxygens (including phenoxy) is 1. The maximum Gasteiger partial charge on any atom is 0.306 e. The van der Waals surface area contributed by atoms with Gasteiger partial charge in [-0.15, -0.1) is 0 Å². The lowest BCUT2D eigenvalue weighted by atomic mass is 9.99. The van der Waals surface area contributed by atoms with Gasteiger partial charge in [-0.05, 0) is 46.6 Å². The minimum absolute atomic E-state index is 0.0294. The predicted octanol–water partition coefficient (Wildman–Crippen LogP) is 1.85. The molecule has 0 aromatic rings. The zero-order valence-electron chi connectivity index (χ0n) is 13.5. The average Bonchev–Trinajstić information content (AvgIpc) is 2.78. The van der Waals surface area contributed by atoms with Crippen molar-refractivity contribution < 1.29 is 14.3 Å². The first-order chi connectivity index (χ1) is 9.85. The van der Waals surface area contributed by atoms with Crippen LogP contribution >= 0.6 is 0 Å². The van der Waals surface area contributed by atoms with Crippen molar-refractivity contribution in [3.8, 4) is 0 Å². The Bertz CT molecular complexity index is 389. The van der Waals surface area contributed by atoms with Crippen molar-refractivity contribution in [1.82, 2.24) is 10.2 Å². The monoisotopic (exact) mass is 296 g/mol. The maximum absolute atomic E-state index is 12.0. The molecular weight excluding hydrogens is 268 g/mol. The highest BCUT2D eigenvalue weighted by Crippen LogP contribution is 2.27. The van der Waals surface area contributed by atoms with E-state index in [4.69, 9.17) is 4.74 Å². The molecule has 2 heterocycles. The van der Waals surface area contributed by atoms with E-state index >= 15 is 0 Å². The summed E-state index contributed by atoms with van der Waals surface area (Å²) in [6.45, 7) is 7.75. The third kappa shape index (κ3) is 4.99. The summed E-state index contributed by atoms with van der Waals surface area (Å²) in [5, 5.41) is 3.11. The number of nitrogens with zero attached hydrogens (tertiary/aromatic N) is 1. The van der Waals surface area contributed by atoms with Gasteiger partial charge in [0.2, 0.25) is 5.91 Å². The number of nitrogens with one attached hydrogen (secondary N) is 1. The summed E-state index contributed by atoms with van der Waals surface area (Å²) < 4.78 is 5.22. The second kappa shape index (κ2) is 6.77. The molecule has 5 nitrogen and oxygen atoms in total. The Morgan fingerprint density at radius 2 is 1.90 bits per heavy atom. The van der Waals surface area contributed by atoms with Crippen molar-refractivity contribution in [3.05, 3.63) is 0 Å². The van der Waals surface area contributed by atoms with Gasteiger partial charge in [-0.1, -0.05) is 6.42 Å². The zero-order chi connectivity index (χ0) is 15.5. The maximum atomic E-state index is 12.0. The highest BCUT2D eigenvalue weighted by atomic mass is 16.6. The number of rotatable bonds is 4. The summed E-state index contributed by atoms with van der Waals surface area (Å²) in [5.74, 6) is -0.332. The quantitative estimate of drug-likeness (QED) is 0.804. The zero-order valence-corrected chi connectivity index (χ0v) is 13.5. The van der Waals surface area contributed by atoms with Gasteiger partial charge in [0.1, 0.15) is 5.60 Å². The van der Waals surface area contributed by atoms with Crippen LogP contribution in [0.5, 0.6) is 0 Å². The second-order valence-electron chi connectivity index (χ2n) is 7.15. The summed E-state index contributed by atoms with van der Waals surface area (Å²) >= 11 is 0. The molecule has 0 spiro atoms. The fourth-order valence-electron chi connectivity index (χ4n) is 3.30. The lowest BCUT2D eigenvalue weighted by molar-refractivity contribution is -0.155. The lowest BCUT2D eigenvalue weighted by Crippen LogP contribution is -2.46. The summed E-state index contributed by atoms with van der Waals surface area (Å²) in [6.07, 6.45) is 5.11. The number of hydrogen-bond acceptors (Lipinski definition) is 4. The van der Waals surface area contributed by atoms with Gasteiger partial charge < -0.3 is 10.1 Å². The summed E-state index contributed by atoms with van der Waals surface area (Å²) in [4.78, 5) is 26.1. The van der Waals surface area contributed by atoms with Crippen molar-refractivity contribution in [2.24, 2.45) is 0 Å². The fourth-order valence-corrected chi connectivity index (χ4v) is 3.30. The molecule has 0 aliphatic carbocycles. The molecule has 5 heteroatoms. The highest BCUT2D eigenvalue weighted by Gasteiger charge is 2.36. The number of esters is 1. The molecule has 21 heavy (non-hydrogen) atoms. The Morgan fingerprint density at radius 1 is 1.14 bits per heavy atom. The molecule has 2 aliphatic heterocycles. The van der Waals surface area contributed by atoms with Crippen LogP contribution in [0.15, 0.2) is 0 Å². The van der Waals surface area contributed by atoms with Crippen molar-refractivity contribution in [1.29, 1.82) is 0 Å². The van der Waals surface area contributed by atoms with Gasteiger partial charge in [-0.2, -0.15) is 0 Å². The molecule has 2 fully saturated rings. The van der Waals surface area contributed by atoms with Crippen LogP contribution in [-0.2, 0) is 14.3 Å². The van der Waals surface area contributed by atoms with E-state index < -0.39 is 5.60 Å². The highest BCUT2D eigenvalue weighted by molar-refractivity contribution is 5.81. The Balaban J connectivity index is 1.71. The van der Waals surface area contributed by atoms with Gasteiger partial charge in [-0.25, -0.2) is 0 Å². The number of piperidine rings is 1. The average molecular weight is 296 g/mol. The standard InChI is InChI=1S/C16H28N2O3/c1-16(2,3)21-15(20)8-7-14(19)17-12-9-11-18-10-5-4-6-13(12)18/h12-13H,4-11H2,1-3H3,(H,17,19). The fraction of sp³-hybridized carbons (Fsp3) is 0.875. The van der Waals surface area contributed by atoms with Crippen LogP contribution in [0.2, 0.25) is 0 Å². The van der Waals surface area contributed by atoms with E-state index in [1.807, 2.05) is 20.8 Å². The minimum atomic E-state index is -0.485. The Morgan fingerprint density at radius 3 is 2.62 bits per heavy atom. The van der Waals surface area contributed by atoms with Crippen LogP contribution in [0.25, 0.3) is 0 Å². The molecule has 0 saturated carbocycles. The lowest BCUT2D eigenvalue weighted by Gasteiger charge is -2.32. The Kier molecular flexibility index (Phi) is 5.25. The first-order valence-corrected chi connectivity index (χ1v) is 8.10. The first kappa shape index (κ1) is 16.3. The van der Waals surface area contributed by atoms with Crippen molar-refractivity contribution in [3.63, 3.8) is 0 Å². The van der Waals surface area contributed by atoms with Crippen molar-refractivity contribution in [2.75, 3.05) is 13.1 Å². The van der Waals surface area contributed by atoms with E-state index in [-0.39, 0.29) is 30.8 Å². The van der Waals surface area contributed by atoms with E-state index in [1.54, 1.807) is 0 Å². The van der Waals surface area contributed by atoms with Crippen LogP contribution < -0.4 is 5.32 Å². The SMILES string of the molecule is CC(C)(C)OC(=O)CCC(=O)NC1CCN2CCCCC12.